The van der Waals surface area contributed by atoms with Crippen molar-refractivity contribution in [2.45, 2.75) is 37.3 Å². The zero-order chi connectivity index (χ0) is 20.9. The van der Waals surface area contributed by atoms with Crippen molar-refractivity contribution in [2.75, 3.05) is 20.7 Å². The lowest BCUT2D eigenvalue weighted by Gasteiger charge is -2.39. The molecule has 3 aliphatic carbocycles. The Morgan fingerprint density at radius 2 is 1.87 bits per heavy atom. The van der Waals surface area contributed by atoms with Crippen LogP contribution in [0.5, 0.6) is 0 Å². The van der Waals surface area contributed by atoms with Crippen LogP contribution in [0.3, 0.4) is 0 Å². The minimum absolute atomic E-state index is 0.0914. The van der Waals surface area contributed by atoms with Crippen molar-refractivity contribution in [3.63, 3.8) is 0 Å². The van der Waals surface area contributed by atoms with E-state index in [1.165, 1.54) is 11.1 Å². The van der Waals surface area contributed by atoms with E-state index in [0.29, 0.717) is 22.1 Å². The molecule has 1 heterocycles. The molecule has 2 saturated carbocycles. The molecule has 0 radical (unpaired) electrons. The van der Waals surface area contributed by atoms with Crippen molar-refractivity contribution in [2.24, 2.45) is 21.6 Å². The summed E-state index contributed by atoms with van der Waals surface area (Å²) in [6, 6.07) is 12.5. The Balaban J connectivity index is 1.54. The summed E-state index contributed by atoms with van der Waals surface area (Å²) in [7, 11) is 3.90. The average Bonchev–Trinajstić information content (AvgIpc) is 3.08. The van der Waals surface area contributed by atoms with Gasteiger partial charge in [-0.3, -0.25) is 0 Å². The van der Waals surface area contributed by atoms with Gasteiger partial charge in [0.1, 0.15) is 5.54 Å². The number of hydrogen-bond donors (Lipinski definition) is 1. The van der Waals surface area contributed by atoms with E-state index in [4.69, 9.17) is 38.7 Å². The van der Waals surface area contributed by atoms with Crippen LogP contribution in [0.4, 0.5) is 0 Å². The molecule has 0 aromatic heterocycles. The minimum atomic E-state index is -0.239. The van der Waals surface area contributed by atoms with E-state index >= 15 is 0 Å². The quantitative estimate of drug-likeness (QED) is 0.723. The zero-order valence-corrected chi connectivity index (χ0v) is 18.7. The van der Waals surface area contributed by atoms with Gasteiger partial charge in [0, 0.05) is 41.6 Å². The van der Waals surface area contributed by atoms with Crippen LogP contribution in [0.1, 0.15) is 30.4 Å². The Morgan fingerprint density at radius 3 is 2.60 bits per heavy atom. The SMILES string of the molecule is COC1CCC23Cc4ccc(-c5cc(Cl)cc(Cl)c5)cc4C24N=C(N)N(C)CC34C1. The highest BCUT2D eigenvalue weighted by Gasteiger charge is 2.91. The summed E-state index contributed by atoms with van der Waals surface area (Å²) < 4.78 is 5.83. The molecule has 2 aromatic carbocycles. The third-order valence-corrected chi connectivity index (χ3v) is 8.85. The van der Waals surface area contributed by atoms with Gasteiger partial charge in [-0.05, 0) is 72.2 Å². The number of ether oxygens (including phenoxy) is 1. The lowest BCUT2D eigenvalue weighted by molar-refractivity contribution is 0.0214. The Kier molecular flexibility index (Phi) is 3.75. The number of rotatable bonds is 2. The highest BCUT2D eigenvalue weighted by Crippen LogP contribution is 2.89. The van der Waals surface area contributed by atoms with Crippen LogP contribution < -0.4 is 5.73 Å². The first-order valence-electron chi connectivity index (χ1n) is 10.5. The van der Waals surface area contributed by atoms with Gasteiger partial charge in [0.05, 0.1) is 6.10 Å². The van der Waals surface area contributed by atoms with Gasteiger partial charge in [-0.15, -0.1) is 0 Å². The van der Waals surface area contributed by atoms with Crippen molar-refractivity contribution >= 4 is 29.2 Å². The normalized spacial score (nSPS) is 35.8. The molecule has 2 N–H and O–H groups in total. The standard InChI is InChI=1S/C24H25Cl2N3O/c1-29-13-23-12-19(30-2)5-6-22(23)11-15-4-3-14(16-7-17(25)10-18(26)8-16)9-20(15)24(22,23)28-21(29)27/h3-4,7-10,19H,5-6,11-13H2,1-2H3,(H2,27,28). The molecule has 0 bridgehead atoms. The lowest BCUT2D eigenvalue weighted by Crippen LogP contribution is -2.47. The second kappa shape index (κ2) is 5.93. The third kappa shape index (κ3) is 2.05. The van der Waals surface area contributed by atoms with Crippen LogP contribution in [0.2, 0.25) is 10.0 Å². The van der Waals surface area contributed by atoms with Crippen molar-refractivity contribution in [1.29, 1.82) is 0 Å². The average molecular weight is 442 g/mol. The Hall–Kier alpha value is -1.75. The van der Waals surface area contributed by atoms with E-state index in [9.17, 15) is 0 Å². The van der Waals surface area contributed by atoms with Crippen molar-refractivity contribution in [3.8, 4) is 11.1 Å². The van der Waals surface area contributed by atoms with Crippen molar-refractivity contribution in [3.05, 3.63) is 57.6 Å². The third-order valence-electron chi connectivity index (χ3n) is 8.41. The van der Waals surface area contributed by atoms with Gasteiger partial charge in [-0.1, -0.05) is 35.3 Å². The van der Waals surface area contributed by atoms with Crippen LogP contribution >= 0.6 is 23.2 Å². The summed E-state index contributed by atoms with van der Waals surface area (Å²) in [5.74, 6) is 0.646. The molecule has 2 aromatic rings. The molecule has 3 spiro atoms. The number of nitrogens with zero attached hydrogens (tertiary/aromatic N) is 2. The van der Waals surface area contributed by atoms with E-state index in [1.54, 1.807) is 6.07 Å². The van der Waals surface area contributed by atoms with Gasteiger partial charge in [0.2, 0.25) is 0 Å². The summed E-state index contributed by atoms with van der Waals surface area (Å²) in [4.78, 5) is 7.38. The molecule has 4 nitrogen and oxygen atoms in total. The first-order valence-corrected chi connectivity index (χ1v) is 11.3. The van der Waals surface area contributed by atoms with Crippen molar-refractivity contribution in [1.82, 2.24) is 4.90 Å². The maximum absolute atomic E-state index is 6.42. The highest BCUT2D eigenvalue weighted by atomic mass is 35.5. The molecule has 4 unspecified atom stereocenters. The summed E-state index contributed by atoms with van der Waals surface area (Å²) in [5.41, 5.74) is 11.3. The predicted molar refractivity (Wildman–Crippen MR) is 121 cm³/mol. The maximum atomic E-state index is 6.42. The monoisotopic (exact) mass is 441 g/mol. The van der Waals surface area contributed by atoms with Crippen LogP contribution in [0, 0.1) is 10.8 Å². The second-order valence-electron chi connectivity index (χ2n) is 9.51. The number of benzene rings is 2. The fourth-order valence-corrected chi connectivity index (χ4v) is 7.75. The molecular weight excluding hydrogens is 417 g/mol. The molecule has 6 heteroatoms. The molecule has 1 aliphatic heterocycles. The minimum Gasteiger partial charge on any atom is -0.381 e. The molecule has 6 rings (SSSR count). The molecule has 30 heavy (non-hydrogen) atoms. The topological polar surface area (TPSA) is 50.9 Å². The van der Waals surface area contributed by atoms with Gasteiger partial charge >= 0.3 is 0 Å². The number of nitrogens with two attached hydrogens (primary N) is 1. The molecule has 0 saturated heterocycles. The smallest absolute Gasteiger partial charge is 0.191 e. The van der Waals surface area contributed by atoms with Gasteiger partial charge < -0.3 is 15.4 Å². The highest BCUT2D eigenvalue weighted by molar-refractivity contribution is 6.35. The molecule has 4 aliphatic rings. The summed E-state index contributed by atoms with van der Waals surface area (Å²) >= 11 is 12.6. The number of aliphatic imine (C=N–C) groups is 1. The van der Waals surface area contributed by atoms with Crippen LogP contribution in [-0.2, 0) is 16.7 Å². The number of hydrogen-bond acceptors (Lipinski definition) is 4. The fraction of sp³-hybridized carbons (Fsp3) is 0.458. The Labute approximate surface area is 187 Å². The van der Waals surface area contributed by atoms with Gasteiger partial charge in [-0.25, -0.2) is 4.99 Å². The molecular formula is C24H25Cl2N3O. The van der Waals surface area contributed by atoms with E-state index in [0.717, 1.165) is 43.4 Å². The molecule has 2 fully saturated rings. The number of guanidine groups is 1. The Bertz CT molecular complexity index is 1100. The van der Waals surface area contributed by atoms with E-state index < -0.39 is 0 Å². The molecule has 4 atom stereocenters. The van der Waals surface area contributed by atoms with Gasteiger partial charge in [0.15, 0.2) is 5.96 Å². The predicted octanol–water partition coefficient (Wildman–Crippen LogP) is 4.86. The number of fused-ring (bicyclic) bond motifs is 1. The maximum Gasteiger partial charge on any atom is 0.191 e. The number of methoxy groups -OCH3 is 1. The fourth-order valence-electron chi connectivity index (χ4n) is 7.22. The zero-order valence-electron chi connectivity index (χ0n) is 17.2. The summed E-state index contributed by atoms with van der Waals surface area (Å²) in [5, 5.41) is 1.29. The summed E-state index contributed by atoms with van der Waals surface area (Å²) in [6.45, 7) is 0.939. The van der Waals surface area contributed by atoms with Gasteiger partial charge in [0.25, 0.3) is 0 Å². The van der Waals surface area contributed by atoms with Crippen LogP contribution in [-0.4, -0.2) is 37.7 Å². The number of halogens is 2. The van der Waals surface area contributed by atoms with Crippen LogP contribution in [0.25, 0.3) is 11.1 Å². The van der Waals surface area contributed by atoms with E-state index in [-0.39, 0.29) is 16.4 Å². The van der Waals surface area contributed by atoms with E-state index in [2.05, 4.69) is 30.1 Å². The first-order chi connectivity index (χ1) is 14.4. The molecule has 0 amide bonds. The largest absolute Gasteiger partial charge is 0.381 e. The molecule has 156 valence electrons. The Morgan fingerprint density at radius 1 is 1.10 bits per heavy atom. The summed E-state index contributed by atoms with van der Waals surface area (Å²) in [6.07, 6.45) is 4.61. The van der Waals surface area contributed by atoms with Crippen molar-refractivity contribution < 1.29 is 4.74 Å². The van der Waals surface area contributed by atoms with Crippen LogP contribution in [0.15, 0.2) is 41.4 Å². The van der Waals surface area contributed by atoms with E-state index in [1.807, 2.05) is 19.2 Å². The lowest BCUT2D eigenvalue weighted by atomic mass is 9.73. The first kappa shape index (κ1) is 19.0. The van der Waals surface area contributed by atoms with Gasteiger partial charge in [-0.2, -0.15) is 0 Å². The second-order valence-corrected chi connectivity index (χ2v) is 10.4.